The van der Waals surface area contributed by atoms with Gasteiger partial charge in [0, 0.05) is 5.56 Å². The first-order chi connectivity index (χ1) is 10.7. The van der Waals surface area contributed by atoms with Gasteiger partial charge in [-0.2, -0.15) is 5.10 Å². The zero-order valence-electron chi connectivity index (χ0n) is 12.6. The van der Waals surface area contributed by atoms with Gasteiger partial charge < -0.3 is 4.74 Å². The van der Waals surface area contributed by atoms with E-state index in [9.17, 15) is 0 Å². The predicted octanol–water partition coefficient (Wildman–Crippen LogP) is 4.68. The topological polar surface area (TPSA) is 27.1 Å². The maximum absolute atomic E-state index is 5.19. The van der Waals surface area contributed by atoms with Crippen molar-refractivity contribution < 1.29 is 4.74 Å². The lowest BCUT2D eigenvalue weighted by atomic mass is 10.1. The molecule has 0 saturated heterocycles. The van der Waals surface area contributed by atoms with E-state index in [4.69, 9.17) is 9.84 Å². The lowest BCUT2D eigenvalue weighted by Crippen LogP contribution is -2.03. The first-order valence-corrected chi connectivity index (χ1v) is 7.89. The number of hydrogen-bond acceptors (Lipinski definition) is 2. The third-order valence-corrected chi connectivity index (χ3v) is 4.62. The van der Waals surface area contributed by atoms with E-state index in [0.29, 0.717) is 0 Å². The smallest absolute Gasteiger partial charge is 0.118 e. The first kappa shape index (κ1) is 14.9. The number of benzene rings is 2. The lowest BCUT2D eigenvalue weighted by molar-refractivity contribution is 0.414. The van der Waals surface area contributed by atoms with E-state index in [1.165, 1.54) is 5.56 Å². The molecule has 1 aromatic heterocycles. The Morgan fingerprint density at radius 1 is 1.05 bits per heavy atom. The van der Waals surface area contributed by atoms with E-state index in [-0.39, 0.29) is 0 Å². The number of methoxy groups -OCH3 is 1. The van der Waals surface area contributed by atoms with Crippen LogP contribution in [0.2, 0.25) is 0 Å². The van der Waals surface area contributed by atoms with Gasteiger partial charge >= 0.3 is 0 Å². The molecular formula is C18H17BrN2O. The first-order valence-electron chi connectivity index (χ1n) is 7.10. The van der Waals surface area contributed by atoms with Crippen LogP contribution in [0.25, 0.3) is 11.3 Å². The van der Waals surface area contributed by atoms with Crippen molar-refractivity contribution >= 4 is 15.9 Å². The van der Waals surface area contributed by atoms with Crippen molar-refractivity contribution in [2.75, 3.05) is 7.11 Å². The molecule has 0 aliphatic rings. The molecule has 2 aromatic carbocycles. The highest BCUT2D eigenvalue weighted by Gasteiger charge is 2.14. The fraction of sp³-hybridized carbons (Fsp3) is 0.167. The van der Waals surface area contributed by atoms with Crippen LogP contribution in [-0.2, 0) is 6.54 Å². The largest absolute Gasteiger partial charge is 0.497 e. The van der Waals surface area contributed by atoms with Crippen LogP contribution in [0, 0.1) is 6.92 Å². The Labute approximate surface area is 138 Å². The molecule has 3 nitrogen and oxygen atoms in total. The van der Waals surface area contributed by atoms with Crippen LogP contribution >= 0.6 is 15.9 Å². The zero-order chi connectivity index (χ0) is 15.5. The summed E-state index contributed by atoms with van der Waals surface area (Å²) >= 11 is 3.67. The molecule has 0 saturated carbocycles. The minimum absolute atomic E-state index is 0.737. The second-order valence-electron chi connectivity index (χ2n) is 5.12. The van der Waals surface area contributed by atoms with E-state index in [1.807, 2.05) is 35.0 Å². The van der Waals surface area contributed by atoms with Crippen LogP contribution < -0.4 is 4.74 Å². The van der Waals surface area contributed by atoms with E-state index in [1.54, 1.807) is 7.11 Å². The third-order valence-electron chi connectivity index (χ3n) is 3.67. The lowest BCUT2D eigenvalue weighted by Gasteiger charge is -2.06. The van der Waals surface area contributed by atoms with Crippen molar-refractivity contribution in [3.8, 4) is 17.0 Å². The monoisotopic (exact) mass is 356 g/mol. The number of nitrogens with zero attached hydrogens (tertiary/aromatic N) is 2. The summed E-state index contributed by atoms with van der Waals surface area (Å²) in [6, 6.07) is 18.3. The van der Waals surface area contributed by atoms with Crippen LogP contribution in [-0.4, -0.2) is 16.9 Å². The van der Waals surface area contributed by atoms with Crippen molar-refractivity contribution in [2.45, 2.75) is 13.5 Å². The van der Waals surface area contributed by atoms with E-state index < -0.39 is 0 Å². The summed E-state index contributed by atoms with van der Waals surface area (Å²) in [4.78, 5) is 0. The molecule has 3 rings (SSSR count). The predicted molar refractivity (Wildman–Crippen MR) is 92.2 cm³/mol. The highest BCUT2D eigenvalue weighted by molar-refractivity contribution is 9.10. The maximum Gasteiger partial charge on any atom is 0.118 e. The highest BCUT2D eigenvalue weighted by Crippen LogP contribution is 2.30. The molecule has 0 unspecified atom stereocenters. The SMILES string of the molecule is COc1ccc(Cn2nc(-c3ccccc3)c(Br)c2C)cc1. The normalized spacial score (nSPS) is 10.7. The van der Waals surface area contributed by atoms with Gasteiger partial charge in [0.05, 0.1) is 23.8 Å². The summed E-state index contributed by atoms with van der Waals surface area (Å²) in [5.74, 6) is 0.868. The van der Waals surface area contributed by atoms with Crippen molar-refractivity contribution in [3.05, 3.63) is 70.3 Å². The van der Waals surface area contributed by atoms with Gasteiger partial charge in [-0.25, -0.2) is 0 Å². The molecular weight excluding hydrogens is 340 g/mol. The van der Waals surface area contributed by atoms with Crippen LogP contribution in [0.4, 0.5) is 0 Å². The quantitative estimate of drug-likeness (QED) is 0.678. The molecule has 0 aliphatic carbocycles. The molecule has 4 heteroatoms. The molecule has 0 spiro atoms. The Kier molecular flexibility index (Phi) is 4.29. The summed E-state index contributed by atoms with van der Waals surface area (Å²) in [6.45, 7) is 2.81. The number of aromatic nitrogens is 2. The summed E-state index contributed by atoms with van der Waals surface area (Å²) in [6.07, 6.45) is 0. The van der Waals surface area contributed by atoms with E-state index in [0.717, 1.165) is 33.7 Å². The van der Waals surface area contributed by atoms with Gasteiger partial charge in [0.25, 0.3) is 0 Å². The Balaban J connectivity index is 1.91. The van der Waals surface area contributed by atoms with Gasteiger partial charge in [0.2, 0.25) is 0 Å². The van der Waals surface area contributed by atoms with Crippen molar-refractivity contribution in [3.63, 3.8) is 0 Å². The number of hydrogen-bond donors (Lipinski definition) is 0. The summed E-state index contributed by atoms with van der Waals surface area (Å²) in [5, 5.41) is 4.76. The van der Waals surface area contributed by atoms with Crippen LogP contribution in [0.5, 0.6) is 5.75 Å². The Morgan fingerprint density at radius 2 is 1.73 bits per heavy atom. The minimum atomic E-state index is 0.737. The summed E-state index contributed by atoms with van der Waals surface area (Å²) in [5.41, 5.74) is 4.41. The molecule has 112 valence electrons. The Bertz CT molecular complexity index is 764. The van der Waals surface area contributed by atoms with Gasteiger partial charge in [-0.05, 0) is 40.5 Å². The summed E-state index contributed by atoms with van der Waals surface area (Å²) in [7, 11) is 1.68. The van der Waals surface area contributed by atoms with Gasteiger partial charge in [-0.15, -0.1) is 0 Å². The van der Waals surface area contributed by atoms with Gasteiger partial charge in [0.15, 0.2) is 0 Å². The van der Waals surface area contributed by atoms with Crippen molar-refractivity contribution in [2.24, 2.45) is 0 Å². The summed E-state index contributed by atoms with van der Waals surface area (Å²) < 4.78 is 8.26. The molecule has 0 bridgehead atoms. The highest BCUT2D eigenvalue weighted by atomic mass is 79.9. The van der Waals surface area contributed by atoms with E-state index in [2.05, 4.69) is 47.1 Å². The molecule has 0 aliphatic heterocycles. The number of halogens is 1. The third kappa shape index (κ3) is 2.92. The second kappa shape index (κ2) is 6.36. The minimum Gasteiger partial charge on any atom is -0.497 e. The zero-order valence-corrected chi connectivity index (χ0v) is 14.2. The number of rotatable bonds is 4. The van der Waals surface area contributed by atoms with Crippen LogP contribution in [0.15, 0.2) is 59.1 Å². The maximum atomic E-state index is 5.19. The second-order valence-corrected chi connectivity index (χ2v) is 5.91. The van der Waals surface area contributed by atoms with Gasteiger partial charge in [-0.1, -0.05) is 42.5 Å². The Hall–Kier alpha value is -2.07. The average Bonchev–Trinajstić information content (AvgIpc) is 2.85. The molecule has 0 fully saturated rings. The van der Waals surface area contributed by atoms with Crippen molar-refractivity contribution in [1.29, 1.82) is 0 Å². The molecule has 1 heterocycles. The average molecular weight is 357 g/mol. The number of ether oxygens (including phenoxy) is 1. The van der Waals surface area contributed by atoms with Crippen LogP contribution in [0.1, 0.15) is 11.3 Å². The molecule has 3 aromatic rings. The molecule has 0 atom stereocenters. The molecule has 0 amide bonds. The Morgan fingerprint density at radius 3 is 2.36 bits per heavy atom. The standard InChI is InChI=1S/C18H17BrN2O/c1-13-17(19)18(15-6-4-3-5-7-15)20-21(13)12-14-8-10-16(22-2)11-9-14/h3-11H,12H2,1-2H3. The van der Waals surface area contributed by atoms with Gasteiger partial charge in [0.1, 0.15) is 11.4 Å². The fourth-order valence-electron chi connectivity index (χ4n) is 2.36. The molecule has 0 N–H and O–H groups in total. The molecule has 0 radical (unpaired) electrons. The van der Waals surface area contributed by atoms with Crippen LogP contribution in [0.3, 0.4) is 0 Å². The van der Waals surface area contributed by atoms with E-state index >= 15 is 0 Å². The fourth-order valence-corrected chi connectivity index (χ4v) is 2.88. The van der Waals surface area contributed by atoms with Gasteiger partial charge in [-0.3, -0.25) is 4.68 Å². The van der Waals surface area contributed by atoms with Crippen molar-refractivity contribution in [1.82, 2.24) is 9.78 Å². The molecule has 22 heavy (non-hydrogen) atoms.